The van der Waals surface area contributed by atoms with Crippen LogP contribution in [-0.2, 0) is 9.59 Å². The van der Waals surface area contributed by atoms with Crippen LogP contribution in [0, 0.1) is 10.1 Å². The number of nitro groups is 1. The van der Waals surface area contributed by atoms with E-state index >= 15 is 0 Å². The lowest BCUT2D eigenvalue weighted by Gasteiger charge is -2.13. The Labute approximate surface area is 116 Å². The van der Waals surface area contributed by atoms with Gasteiger partial charge in [-0.2, -0.15) is 0 Å². The molecule has 1 aromatic rings. The van der Waals surface area contributed by atoms with Gasteiger partial charge in [-0.1, -0.05) is 17.7 Å². The Hall–Kier alpha value is -2.74. The summed E-state index contributed by atoms with van der Waals surface area (Å²) in [7, 11) is 0. The molecule has 0 aliphatic carbocycles. The quantitative estimate of drug-likeness (QED) is 0.365. The van der Waals surface area contributed by atoms with E-state index in [2.05, 4.69) is 0 Å². The molecule has 0 spiro atoms. The molecule has 0 unspecified atom stereocenters. The van der Waals surface area contributed by atoms with Gasteiger partial charge in [0.2, 0.25) is 0 Å². The number of hydrogen-bond donors (Lipinski definition) is 2. The zero-order valence-corrected chi connectivity index (χ0v) is 10.4. The van der Waals surface area contributed by atoms with Gasteiger partial charge in [-0.3, -0.25) is 30.3 Å². The number of halogens is 1. The van der Waals surface area contributed by atoms with Gasteiger partial charge in [0.05, 0.1) is 4.92 Å². The van der Waals surface area contributed by atoms with E-state index in [0.717, 1.165) is 12.1 Å². The maximum absolute atomic E-state index is 11.5. The van der Waals surface area contributed by atoms with Crippen molar-refractivity contribution in [2.75, 3.05) is 0 Å². The van der Waals surface area contributed by atoms with Crippen LogP contribution in [0.3, 0.4) is 0 Å². The zero-order valence-electron chi connectivity index (χ0n) is 9.68. The lowest BCUT2D eigenvalue weighted by molar-refractivity contribution is -0.384. The first kappa shape index (κ1) is 13.7. The fourth-order valence-corrected chi connectivity index (χ4v) is 1.72. The van der Waals surface area contributed by atoms with E-state index in [1.165, 1.54) is 12.1 Å². The summed E-state index contributed by atoms with van der Waals surface area (Å²) in [5.41, 5.74) is -0.453. The van der Waals surface area contributed by atoms with Crippen LogP contribution in [0.5, 0.6) is 0 Å². The summed E-state index contributed by atoms with van der Waals surface area (Å²) in [6, 6.07) is 2.88. The first-order valence-corrected chi connectivity index (χ1v) is 5.58. The molecule has 1 aliphatic heterocycles. The molecule has 2 N–H and O–H groups in total. The minimum atomic E-state index is -0.917. The molecule has 4 amide bonds. The summed E-state index contributed by atoms with van der Waals surface area (Å²) in [6.45, 7) is 0. The number of benzene rings is 1. The minimum Gasteiger partial charge on any atom is -0.273 e. The molecule has 0 aromatic heterocycles. The molecule has 1 aliphatic rings. The Morgan fingerprint density at radius 3 is 2.30 bits per heavy atom. The van der Waals surface area contributed by atoms with Crippen LogP contribution in [0.4, 0.5) is 10.5 Å². The highest BCUT2D eigenvalue weighted by atomic mass is 35.5. The van der Waals surface area contributed by atoms with Crippen LogP contribution < -0.4 is 10.6 Å². The van der Waals surface area contributed by atoms with Crippen LogP contribution in [0.15, 0.2) is 23.8 Å². The molecule has 0 saturated carbocycles. The van der Waals surface area contributed by atoms with Crippen molar-refractivity contribution in [3.05, 3.63) is 44.5 Å². The number of imide groups is 2. The van der Waals surface area contributed by atoms with E-state index in [1.807, 2.05) is 10.6 Å². The topological polar surface area (TPSA) is 118 Å². The number of carbonyl (C=O) groups excluding carboxylic acids is 3. The van der Waals surface area contributed by atoms with E-state index in [4.69, 9.17) is 11.6 Å². The Morgan fingerprint density at radius 1 is 1.15 bits per heavy atom. The second-order valence-corrected chi connectivity index (χ2v) is 4.17. The summed E-state index contributed by atoms with van der Waals surface area (Å²) >= 11 is 5.64. The molecule has 0 radical (unpaired) electrons. The van der Waals surface area contributed by atoms with Crippen molar-refractivity contribution in [2.45, 2.75) is 0 Å². The molecule has 0 bridgehead atoms. The zero-order chi connectivity index (χ0) is 14.9. The molecule has 102 valence electrons. The molecule has 1 fully saturated rings. The number of barbiturate groups is 1. The Balaban J connectivity index is 2.42. The lowest BCUT2D eigenvalue weighted by atomic mass is 10.1. The highest BCUT2D eigenvalue weighted by molar-refractivity contribution is 6.33. The summed E-state index contributed by atoms with van der Waals surface area (Å²) in [5, 5.41) is 14.5. The number of rotatable bonds is 2. The van der Waals surface area contributed by atoms with Crippen molar-refractivity contribution in [1.82, 2.24) is 10.6 Å². The molecular weight excluding hydrogens is 290 g/mol. The standard InChI is InChI=1S/C11H6ClN3O5/c12-7-2-1-5(4-8(7)15(19)20)3-6-9(16)13-11(18)14-10(6)17/h1-4H,(H2,13,14,16,17,18). The van der Waals surface area contributed by atoms with Crippen molar-refractivity contribution in [3.8, 4) is 0 Å². The fourth-order valence-electron chi connectivity index (χ4n) is 1.53. The second-order valence-electron chi connectivity index (χ2n) is 3.76. The van der Waals surface area contributed by atoms with Crippen LogP contribution in [-0.4, -0.2) is 22.8 Å². The maximum atomic E-state index is 11.5. The Morgan fingerprint density at radius 2 is 1.75 bits per heavy atom. The van der Waals surface area contributed by atoms with Crippen molar-refractivity contribution in [2.24, 2.45) is 0 Å². The van der Waals surface area contributed by atoms with Crippen LogP contribution in [0.1, 0.15) is 5.56 Å². The van der Waals surface area contributed by atoms with Gasteiger partial charge in [0.1, 0.15) is 10.6 Å². The van der Waals surface area contributed by atoms with E-state index < -0.39 is 22.8 Å². The molecule has 8 nitrogen and oxygen atoms in total. The fraction of sp³-hybridized carbons (Fsp3) is 0. The monoisotopic (exact) mass is 295 g/mol. The van der Waals surface area contributed by atoms with Gasteiger partial charge < -0.3 is 0 Å². The van der Waals surface area contributed by atoms with Gasteiger partial charge in [-0.15, -0.1) is 0 Å². The first-order chi connectivity index (χ1) is 9.38. The smallest absolute Gasteiger partial charge is 0.273 e. The Kier molecular flexibility index (Phi) is 3.49. The number of nitrogens with one attached hydrogen (secondary N) is 2. The van der Waals surface area contributed by atoms with Crippen LogP contribution >= 0.6 is 11.6 Å². The van der Waals surface area contributed by atoms with Gasteiger partial charge >= 0.3 is 6.03 Å². The van der Waals surface area contributed by atoms with Gasteiger partial charge in [-0.05, 0) is 17.7 Å². The number of hydrogen-bond acceptors (Lipinski definition) is 5. The molecular formula is C11H6ClN3O5. The van der Waals surface area contributed by atoms with Gasteiger partial charge in [0.25, 0.3) is 17.5 Å². The van der Waals surface area contributed by atoms with Crippen LogP contribution in [0.25, 0.3) is 6.08 Å². The molecule has 1 aromatic carbocycles. The highest BCUT2D eigenvalue weighted by Gasteiger charge is 2.27. The second kappa shape index (κ2) is 5.10. The number of urea groups is 1. The number of nitrogens with zero attached hydrogens (tertiary/aromatic N) is 1. The molecule has 1 heterocycles. The highest BCUT2D eigenvalue weighted by Crippen LogP contribution is 2.26. The van der Waals surface area contributed by atoms with Crippen LogP contribution in [0.2, 0.25) is 5.02 Å². The third kappa shape index (κ3) is 2.64. The lowest BCUT2D eigenvalue weighted by Crippen LogP contribution is -2.51. The van der Waals surface area contributed by atoms with Crippen molar-refractivity contribution in [1.29, 1.82) is 0 Å². The third-order valence-corrected chi connectivity index (χ3v) is 2.74. The van der Waals surface area contributed by atoms with Gasteiger partial charge in [0.15, 0.2) is 0 Å². The Bertz CT molecular complexity index is 661. The maximum Gasteiger partial charge on any atom is 0.328 e. The predicted molar refractivity (Wildman–Crippen MR) is 67.8 cm³/mol. The normalized spacial score (nSPS) is 14.7. The van der Waals surface area contributed by atoms with Gasteiger partial charge in [0, 0.05) is 6.07 Å². The average molecular weight is 296 g/mol. The van der Waals surface area contributed by atoms with E-state index in [1.54, 1.807) is 0 Å². The van der Waals surface area contributed by atoms with Gasteiger partial charge in [-0.25, -0.2) is 4.79 Å². The molecule has 1 saturated heterocycles. The SMILES string of the molecule is O=C1NC(=O)C(=Cc2ccc(Cl)c([N+](=O)[O-])c2)C(=O)N1. The molecule has 9 heteroatoms. The minimum absolute atomic E-state index is 0.0649. The van der Waals surface area contributed by atoms with E-state index in [-0.39, 0.29) is 21.8 Å². The molecule has 20 heavy (non-hydrogen) atoms. The number of carbonyl (C=O) groups is 3. The third-order valence-electron chi connectivity index (χ3n) is 2.42. The summed E-state index contributed by atoms with van der Waals surface area (Å²) < 4.78 is 0. The first-order valence-electron chi connectivity index (χ1n) is 5.21. The summed E-state index contributed by atoms with van der Waals surface area (Å²) in [4.78, 5) is 43.9. The molecule has 2 rings (SSSR count). The predicted octanol–water partition coefficient (Wildman–Crippen LogP) is 0.998. The average Bonchev–Trinajstić information content (AvgIpc) is 2.35. The van der Waals surface area contributed by atoms with E-state index in [9.17, 15) is 24.5 Å². The summed E-state index contributed by atoms with van der Waals surface area (Å²) in [6.07, 6.45) is 1.13. The number of amides is 4. The van der Waals surface area contributed by atoms with Crippen molar-refractivity contribution < 1.29 is 19.3 Å². The molecule has 0 atom stereocenters. The van der Waals surface area contributed by atoms with E-state index in [0.29, 0.717) is 0 Å². The number of nitro benzene ring substituents is 1. The largest absolute Gasteiger partial charge is 0.328 e. The van der Waals surface area contributed by atoms with Crippen molar-refractivity contribution in [3.63, 3.8) is 0 Å². The summed E-state index contributed by atoms with van der Waals surface area (Å²) in [5.74, 6) is -1.76. The van der Waals surface area contributed by atoms with Crippen molar-refractivity contribution >= 4 is 41.2 Å².